The highest BCUT2D eigenvalue weighted by molar-refractivity contribution is 7.92. The molecule has 0 saturated carbocycles. The van der Waals surface area contributed by atoms with Crippen molar-refractivity contribution in [2.45, 2.75) is 62.3 Å². The van der Waals surface area contributed by atoms with Crippen molar-refractivity contribution in [1.82, 2.24) is 20.2 Å². The van der Waals surface area contributed by atoms with E-state index in [9.17, 15) is 22.8 Å². The van der Waals surface area contributed by atoms with Crippen LogP contribution in [0.5, 0.6) is 0 Å². The van der Waals surface area contributed by atoms with Crippen molar-refractivity contribution < 1.29 is 27.5 Å². The molecule has 0 spiro atoms. The highest BCUT2D eigenvalue weighted by atomic mass is 32.2. The fourth-order valence-electron chi connectivity index (χ4n) is 4.72. The van der Waals surface area contributed by atoms with Gasteiger partial charge in [-0.1, -0.05) is 54.7 Å². The highest BCUT2D eigenvalue weighted by Crippen LogP contribution is 2.23. The van der Waals surface area contributed by atoms with Crippen LogP contribution in [0.25, 0.3) is 11.3 Å². The Labute approximate surface area is 262 Å². The SMILES string of the molecule is CC(C)S(=O)(=O)c1ccc(-c2cnc(N)c(C(=O)NCC(=S)CC(=O)[C@@H]3CCCCN3C(=O)OCc3ccccc3)n2)cc1. The van der Waals surface area contributed by atoms with E-state index in [0.29, 0.717) is 24.2 Å². The minimum atomic E-state index is -3.44. The lowest BCUT2D eigenvalue weighted by Gasteiger charge is -2.34. The van der Waals surface area contributed by atoms with Crippen molar-refractivity contribution in [3.63, 3.8) is 0 Å². The van der Waals surface area contributed by atoms with Gasteiger partial charge in [-0.05, 0) is 50.8 Å². The second-order valence-electron chi connectivity index (χ2n) is 10.7. The monoisotopic (exact) mass is 637 g/mol. The summed E-state index contributed by atoms with van der Waals surface area (Å²) in [7, 11) is -3.44. The minimum absolute atomic E-state index is 0.0851. The normalized spacial score (nSPS) is 15.1. The third-order valence-corrected chi connectivity index (χ3v) is 9.71. The predicted octanol–water partition coefficient (Wildman–Crippen LogP) is 4.16. The molecule has 1 aromatic heterocycles. The van der Waals surface area contributed by atoms with Crippen LogP contribution in [-0.2, 0) is 26.0 Å². The Balaban J connectivity index is 1.34. The molecule has 0 unspecified atom stereocenters. The molecule has 2 aromatic carbocycles. The fourth-order valence-corrected chi connectivity index (χ4v) is 5.99. The summed E-state index contributed by atoms with van der Waals surface area (Å²) in [6.07, 6.45) is 2.83. The first-order chi connectivity index (χ1) is 21.0. The summed E-state index contributed by atoms with van der Waals surface area (Å²) >= 11 is 5.40. The second-order valence-corrected chi connectivity index (χ2v) is 13.8. The quantitative estimate of drug-likeness (QED) is 0.292. The van der Waals surface area contributed by atoms with E-state index < -0.39 is 33.1 Å². The number of hydrogen-bond acceptors (Lipinski definition) is 10. The zero-order valence-corrected chi connectivity index (χ0v) is 26.2. The van der Waals surface area contributed by atoms with E-state index in [4.69, 9.17) is 22.7 Å². The number of aromatic nitrogens is 2. The summed E-state index contributed by atoms with van der Waals surface area (Å²) in [5.74, 6) is -0.946. The minimum Gasteiger partial charge on any atom is -0.445 e. The Morgan fingerprint density at radius 2 is 1.80 bits per heavy atom. The van der Waals surface area contributed by atoms with Gasteiger partial charge in [0.2, 0.25) is 0 Å². The van der Waals surface area contributed by atoms with Crippen LogP contribution in [0.15, 0.2) is 65.7 Å². The number of ether oxygens (including phenoxy) is 1. The van der Waals surface area contributed by atoms with Crippen molar-refractivity contribution in [2.24, 2.45) is 0 Å². The number of likely N-dealkylation sites (tertiary alicyclic amines) is 1. The number of thiocarbonyl (C=S) groups is 1. The molecule has 1 aliphatic rings. The molecular formula is C31H35N5O6S2. The van der Waals surface area contributed by atoms with Crippen molar-refractivity contribution in [1.29, 1.82) is 0 Å². The van der Waals surface area contributed by atoms with E-state index in [1.807, 2.05) is 30.3 Å². The first kappa shape index (κ1) is 32.7. The topological polar surface area (TPSA) is 162 Å². The van der Waals surface area contributed by atoms with Crippen LogP contribution in [0.4, 0.5) is 10.6 Å². The molecule has 3 aromatic rings. The summed E-state index contributed by atoms with van der Waals surface area (Å²) in [5, 5.41) is 2.08. The van der Waals surface area contributed by atoms with E-state index in [0.717, 1.165) is 18.4 Å². The van der Waals surface area contributed by atoms with Gasteiger partial charge in [0.25, 0.3) is 5.91 Å². The molecule has 232 valence electrons. The second kappa shape index (κ2) is 14.5. The van der Waals surface area contributed by atoms with E-state index in [2.05, 4.69) is 15.3 Å². The average molecular weight is 638 g/mol. The molecular weight excluding hydrogens is 603 g/mol. The molecule has 0 radical (unpaired) electrons. The number of rotatable bonds is 11. The number of anilines is 1. The molecule has 0 bridgehead atoms. The van der Waals surface area contributed by atoms with Gasteiger partial charge in [-0.3, -0.25) is 14.5 Å². The van der Waals surface area contributed by atoms with Crippen LogP contribution in [0.3, 0.4) is 0 Å². The van der Waals surface area contributed by atoms with Gasteiger partial charge >= 0.3 is 6.09 Å². The number of carbonyl (C=O) groups is 3. The fraction of sp³-hybridized carbons (Fsp3) is 0.355. The third kappa shape index (κ3) is 8.03. The molecule has 1 saturated heterocycles. The first-order valence-corrected chi connectivity index (χ1v) is 16.2. The van der Waals surface area contributed by atoms with E-state index >= 15 is 0 Å². The molecule has 1 fully saturated rings. The largest absolute Gasteiger partial charge is 0.445 e. The van der Waals surface area contributed by atoms with Gasteiger partial charge in [-0.2, -0.15) is 0 Å². The maximum atomic E-state index is 13.2. The number of Topliss-reactive ketones (excluding diaryl/α,β-unsaturated/α-hetero) is 1. The number of nitrogens with zero attached hydrogens (tertiary/aromatic N) is 3. The van der Waals surface area contributed by atoms with Crippen molar-refractivity contribution in [2.75, 3.05) is 18.8 Å². The summed E-state index contributed by atoms with van der Waals surface area (Å²) in [6.45, 7) is 3.66. The summed E-state index contributed by atoms with van der Waals surface area (Å²) in [6, 6.07) is 14.8. The smallest absolute Gasteiger partial charge is 0.410 e. The molecule has 13 heteroatoms. The maximum Gasteiger partial charge on any atom is 0.410 e. The van der Waals surface area contributed by atoms with Crippen molar-refractivity contribution in [3.05, 3.63) is 72.1 Å². The first-order valence-electron chi connectivity index (χ1n) is 14.2. The van der Waals surface area contributed by atoms with Crippen LogP contribution in [0, 0.1) is 0 Å². The summed E-state index contributed by atoms with van der Waals surface area (Å²) in [5.41, 5.74) is 7.52. The number of hydrogen-bond donors (Lipinski definition) is 2. The Hall–Kier alpha value is -4.23. The summed E-state index contributed by atoms with van der Waals surface area (Å²) in [4.78, 5) is 49.2. The third-order valence-electron chi connectivity index (χ3n) is 7.25. The lowest BCUT2D eigenvalue weighted by Crippen LogP contribution is -2.48. The maximum absolute atomic E-state index is 13.2. The van der Waals surface area contributed by atoms with Crippen LogP contribution in [-0.4, -0.2) is 70.3 Å². The number of piperidine rings is 1. The molecule has 3 N–H and O–H groups in total. The zero-order valence-electron chi connectivity index (χ0n) is 24.6. The van der Waals surface area contributed by atoms with Crippen LogP contribution >= 0.6 is 12.2 Å². The number of ketones is 1. The molecule has 0 aliphatic carbocycles. The Morgan fingerprint density at radius 3 is 2.48 bits per heavy atom. The predicted molar refractivity (Wildman–Crippen MR) is 170 cm³/mol. The van der Waals surface area contributed by atoms with E-state index in [-0.39, 0.29) is 46.6 Å². The molecule has 1 atom stereocenters. The molecule has 11 nitrogen and oxygen atoms in total. The van der Waals surface area contributed by atoms with Crippen LogP contribution in [0.2, 0.25) is 0 Å². The lowest BCUT2D eigenvalue weighted by atomic mass is 9.96. The summed E-state index contributed by atoms with van der Waals surface area (Å²) < 4.78 is 30.3. The standard InChI is InChI=1S/C31H35N5O6S2/c1-20(2)44(40,41)24-13-11-22(12-14-24)25-18-33-29(32)28(35-25)30(38)34-17-23(43)16-27(37)26-10-6-7-15-36(26)31(39)42-19-21-8-4-3-5-9-21/h3-5,8-9,11-14,18,20,26H,6-7,10,15-17,19H2,1-2H3,(H2,32,33)(H,34,38)/t26-/m0/s1. The van der Waals surface area contributed by atoms with Gasteiger partial charge in [0.1, 0.15) is 6.61 Å². The van der Waals surface area contributed by atoms with Crippen LogP contribution < -0.4 is 11.1 Å². The Bertz CT molecular complexity index is 1630. The van der Waals surface area contributed by atoms with Crippen molar-refractivity contribution in [3.8, 4) is 11.3 Å². The van der Waals surface area contributed by atoms with Gasteiger partial charge in [0.15, 0.2) is 27.1 Å². The molecule has 2 amide bonds. The van der Waals surface area contributed by atoms with Gasteiger partial charge in [-0.25, -0.2) is 23.2 Å². The molecule has 1 aliphatic heterocycles. The van der Waals surface area contributed by atoms with Gasteiger partial charge < -0.3 is 15.8 Å². The number of nitrogens with two attached hydrogens (primary N) is 1. The average Bonchev–Trinajstić information content (AvgIpc) is 3.03. The number of nitrogens with one attached hydrogen (secondary N) is 1. The van der Waals surface area contributed by atoms with Gasteiger partial charge in [-0.15, -0.1) is 0 Å². The van der Waals surface area contributed by atoms with E-state index in [1.165, 1.54) is 23.2 Å². The molecule has 2 heterocycles. The lowest BCUT2D eigenvalue weighted by molar-refractivity contribution is -0.123. The number of amides is 2. The van der Waals surface area contributed by atoms with Crippen LogP contribution in [0.1, 0.15) is 55.6 Å². The Morgan fingerprint density at radius 1 is 1.09 bits per heavy atom. The zero-order chi connectivity index (χ0) is 31.9. The van der Waals surface area contributed by atoms with Gasteiger partial charge in [0.05, 0.1) is 28.1 Å². The Kier molecular flexibility index (Phi) is 10.8. The number of benzene rings is 2. The number of sulfone groups is 1. The molecule has 44 heavy (non-hydrogen) atoms. The van der Waals surface area contributed by atoms with Gasteiger partial charge in [0, 0.05) is 29.9 Å². The van der Waals surface area contributed by atoms with E-state index in [1.54, 1.807) is 26.0 Å². The number of nitrogen functional groups attached to an aromatic ring is 1. The number of carbonyl (C=O) groups excluding carboxylic acids is 3. The highest BCUT2D eigenvalue weighted by Gasteiger charge is 2.33. The van der Waals surface area contributed by atoms with Crippen molar-refractivity contribution >= 4 is 50.5 Å². The molecule has 4 rings (SSSR count).